The van der Waals surface area contributed by atoms with Crippen molar-refractivity contribution in [2.45, 2.75) is 28.8 Å². The predicted octanol–water partition coefficient (Wildman–Crippen LogP) is 0.373. The van der Waals surface area contributed by atoms with Gasteiger partial charge in [-0.25, -0.2) is 19.1 Å². The number of carboxylic acids is 1. The molecule has 10 nitrogen and oxygen atoms in total. The summed E-state index contributed by atoms with van der Waals surface area (Å²) in [6, 6.07) is 9.28. The van der Waals surface area contributed by atoms with Crippen LogP contribution in [-0.2, 0) is 26.0 Å². The second kappa shape index (κ2) is 9.76. The molecule has 1 saturated heterocycles. The van der Waals surface area contributed by atoms with Crippen molar-refractivity contribution in [1.82, 2.24) is 4.98 Å². The summed E-state index contributed by atoms with van der Waals surface area (Å²) in [4.78, 5) is 15.3. The van der Waals surface area contributed by atoms with Gasteiger partial charge in [-0.3, -0.25) is 4.98 Å². The summed E-state index contributed by atoms with van der Waals surface area (Å²) in [5, 5.41) is 24.6. The largest absolute Gasteiger partial charge is 0.489 e. The maximum atomic E-state index is 12.9. The molecule has 1 aliphatic heterocycles. The highest BCUT2D eigenvalue weighted by Crippen LogP contribution is 2.31. The molecule has 1 aromatic heterocycles. The Morgan fingerprint density at radius 1 is 1.21 bits per heavy atom. The van der Waals surface area contributed by atoms with Crippen LogP contribution in [0.25, 0.3) is 0 Å². The van der Waals surface area contributed by atoms with Crippen molar-refractivity contribution < 1.29 is 38.1 Å². The van der Waals surface area contributed by atoms with E-state index >= 15 is 0 Å². The van der Waals surface area contributed by atoms with Crippen molar-refractivity contribution in [3.63, 3.8) is 0 Å². The molecule has 2 atom stereocenters. The molecule has 29 heavy (non-hydrogen) atoms. The Bertz CT molecular complexity index is 905. The molecule has 5 N–H and O–H groups in total. The Morgan fingerprint density at radius 3 is 2.41 bits per heavy atom. The van der Waals surface area contributed by atoms with E-state index in [0.29, 0.717) is 12.4 Å². The molecule has 11 heteroatoms. The lowest BCUT2D eigenvalue weighted by Crippen LogP contribution is -2.59. The zero-order valence-corrected chi connectivity index (χ0v) is 16.2. The number of ether oxygens (including phenoxy) is 2. The Hall–Kier alpha value is -2.57. The normalized spacial score (nSPS) is 21.6. The van der Waals surface area contributed by atoms with Crippen LogP contribution >= 0.6 is 0 Å². The number of benzene rings is 1. The second-order valence-electron chi connectivity index (χ2n) is 6.22. The van der Waals surface area contributed by atoms with Gasteiger partial charge in [0.25, 0.3) is 0 Å². The van der Waals surface area contributed by atoms with E-state index in [9.17, 15) is 23.4 Å². The van der Waals surface area contributed by atoms with Gasteiger partial charge >= 0.3 is 5.97 Å². The standard InChI is InChI=1S/C18H19NO7S.H3NO/c20-17(21)18(22)12-25-10-7-16(18)27(23,24)15-3-1-14(2-4-15)26-11-13-5-8-19-9-6-13;1-2/h1-6,8-9,16,22H,7,10-12H2,(H,20,21);2H,1H2. The number of aliphatic hydroxyl groups is 1. The van der Waals surface area contributed by atoms with Gasteiger partial charge in [0.1, 0.15) is 17.6 Å². The summed E-state index contributed by atoms with van der Waals surface area (Å²) in [5.41, 5.74) is -1.57. The lowest BCUT2D eigenvalue weighted by molar-refractivity contribution is -0.171. The van der Waals surface area contributed by atoms with Crippen molar-refractivity contribution in [2.24, 2.45) is 5.90 Å². The zero-order chi connectivity index (χ0) is 21.5. The number of aromatic nitrogens is 1. The molecule has 2 heterocycles. The van der Waals surface area contributed by atoms with Gasteiger partial charge in [-0.05, 0) is 48.4 Å². The molecule has 0 radical (unpaired) electrons. The molecular weight excluding hydrogens is 404 g/mol. The monoisotopic (exact) mass is 426 g/mol. The first-order chi connectivity index (χ1) is 13.8. The summed E-state index contributed by atoms with van der Waals surface area (Å²) < 4.78 is 36.3. The SMILES string of the molecule is NO.O=C(O)C1(O)COCCC1S(=O)(=O)c1ccc(OCc2ccncc2)cc1. The average molecular weight is 426 g/mol. The molecule has 2 unspecified atom stereocenters. The van der Waals surface area contributed by atoms with Crippen LogP contribution < -0.4 is 10.6 Å². The maximum Gasteiger partial charge on any atom is 0.339 e. The zero-order valence-electron chi connectivity index (χ0n) is 15.3. The number of rotatable bonds is 6. The number of hydrogen-bond donors (Lipinski definition) is 4. The Kier molecular flexibility index (Phi) is 7.65. The molecule has 0 aliphatic carbocycles. The van der Waals surface area contributed by atoms with Crippen LogP contribution in [0.5, 0.6) is 5.75 Å². The van der Waals surface area contributed by atoms with E-state index in [1.807, 2.05) is 0 Å². The van der Waals surface area contributed by atoms with Gasteiger partial charge in [-0.1, -0.05) is 0 Å². The number of pyridine rings is 1. The smallest absolute Gasteiger partial charge is 0.339 e. The fraction of sp³-hybridized carbons (Fsp3) is 0.333. The lowest BCUT2D eigenvalue weighted by atomic mass is 9.96. The number of sulfone groups is 1. The summed E-state index contributed by atoms with van der Waals surface area (Å²) in [7, 11) is -4.07. The third-order valence-electron chi connectivity index (χ3n) is 4.43. The van der Waals surface area contributed by atoms with Crippen molar-refractivity contribution in [3.05, 3.63) is 54.4 Å². The van der Waals surface area contributed by atoms with E-state index in [0.717, 1.165) is 5.56 Å². The average Bonchev–Trinajstić information content (AvgIpc) is 2.75. The Balaban J connectivity index is 0.00000145. The number of aliphatic carboxylic acids is 1. The van der Waals surface area contributed by atoms with E-state index < -0.39 is 33.3 Å². The number of nitrogens with two attached hydrogens (primary N) is 1. The highest BCUT2D eigenvalue weighted by Gasteiger charge is 2.53. The summed E-state index contributed by atoms with van der Waals surface area (Å²) in [6.45, 7) is -0.209. The second-order valence-corrected chi connectivity index (χ2v) is 8.35. The van der Waals surface area contributed by atoms with Crippen molar-refractivity contribution in [1.29, 1.82) is 0 Å². The van der Waals surface area contributed by atoms with Gasteiger partial charge in [0.05, 0.1) is 11.5 Å². The van der Waals surface area contributed by atoms with Crippen LogP contribution in [0.3, 0.4) is 0 Å². The van der Waals surface area contributed by atoms with E-state index in [1.54, 1.807) is 24.5 Å². The molecule has 158 valence electrons. The highest BCUT2D eigenvalue weighted by molar-refractivity contribution is 7.92. The number of nitrogens with zero attached hydrogens (tertiary/aromatic N) is 1. The van der Waals surface area contributed by atoms with Crippen molar-refractivity contribution >= 4 is 15.8 Å². The summed E-state index contributed by atoms with van der Waals surface area (Å²) >= 11 is 0. The highest BCUT2D eigenvalue weighted by atomic mass is 32.2. The van der Waals surface area contributed by atoms with E-state index in [4.69, 9.17) is 14.7 Å². The molecule has 0 saturated carbocycles. The fourth-order valence-electron chi connectivity index (χ4n) is 2.90. The molecule has 0 spiro atoms. The van der Waals surface area contributed by atoms with Gasteiger partial charge in [0.15, 0.2) is 9.84 Å². The van der Waals surface area contributed by atoms with E-state index in [1.165, 1.54) is 24.3 Å². The minimum atomic E-state index is -4.07. The van der Waals surface area contributed by atoms with Crippen LogP contribution in [-0.4, -0.2) is 58.9 Å². The van der Waals surface area contributed by atoms with Gasteiger partial charge in [0.2, 0.25) is 5.60 Å². The summed E-state index contributed by atoms with van der Waals surface area (Å²) in [5.74, 6) is 2.35. The molecule has 0 bridgehead atoms. The topological polar surface area (TPSA) is 169 Å². The van der Waals surface area contributed by atoms with E-state index in [-0.39, 0.29) is 17.9 Å². The molecule has 1 fully saturated rings. The van der Waals surface area contributed by atoms with Gasteiger partial charge < -0.3 is 24.9 Å². The fourth-order valence-corrected chi connectivity index (χ4v) is 4.83. The predicted molar refractivity (Wildman–Crippen MR) is 100.0 cm³/mol. The van der Waals surface area contributed by atoms with Gasteiger partial charge in [-0.15, -0.1) is 0 Å². The van der Waals surface area contributed by atoms with Gasteiger partial charge in [-0.2, -0.15) is 0 Å². The Morgan fingerprint density at radius 2 is 1.83 bits per heavy atom. The van der Waals surface area contributed by atoms with Crippen LogP contribution in [0.2, 0.25) is 0 Å². The summed E-state index contributed by atoms with van der Waals surface area (Å²) in [6.07, 6.45) is 3.18. The van der Waals surface area contributed by atoms with Gasteiger partial charge in [0, 0.05) is 19.0 Å². The Labute approximate surface area is 167 Å². The molecule has 1 aromatic carbocycles. The first kappa shape index (κ1) is 22.7. The third-order valence-corrected chi connectivity index (χ3v) is 6.74. The molecule has 3 rings (SSSR count). The first-order valence-electron chi connectivity index (χ1n) is 8.49. The minimum Gasteiger partial charge on any atom is -0.489 e. The van der Waals surface area contributed by atoms with Crippen molar-refractivity contribution in [2.75, 3.05) is 13.2 Å². The van der Waals surface area contributed by atoms with Crippen LogP contribution in [0, 0.1) is 0 Å². The molecule has 1 aliphatic rings. The third kappa shape index (κ3) is 5.08. The minimum absolute atomic E-state index is 0.0621. The van der Waals surface area contributed by atoms with Crippen LogP contribution in [0.1, 0.15) is 12.0 Å². The maximum absolute atomic E-state index is 12.9. The number of hydrogen-bond acceptors (Lipinski definition) is 9. The van der Waals surface area contributed by atoms with Crippen LogP contribution in [0.4, 0.5) is 0 Å². The van der Waals surface area contributed by atoms with Crippen LogP contribution in [0.15, 0.2) is 53.7 Å². The lowest BCUT2D eigenvalue weighted by Gasteiger charge is -2.35. The molecule has 0 amide bonds. The van der Waals surface area contributed by atoms with Crippen molar-refractivity contribution in [3.8, 4) is 5.75 Å². The number of carboxylic acid groups (broad SMARTS) is 1. The van der Waals surface area contributed by atoms with E-state index in [2.05, 4.69) is 10.9 Å². The molecule has 2 aromatic rings. The number of carbonyl (C=O) groups is 1. The molecular formula is C18H22N2O8S. The quantitative estimate of drug-likeness (QED) is 0.473. The first-order valence-corrected chi connectivity index (χ1v) is 10.0.